The normalized spacial score (nSPS) is 17.1. The molecule has 1 unspecified atom stereocenters. The Balaban J connectivity index is 1.61. The van der Waals surface area contributed by atoms with E-state index in [1.54, 1.807) is 6.92 Å². The van der Waals surface area contributed by atoms with Gasteiger partial charge in [0, 0.05) is 12.3 Å². The van der Waals surface area contributed by atoms with Crippen molar-refractivity contribution in [2.24, 2.45) is 0 Å². The van der Waals surface area contributed by atoms with Gasteiger partial charge in [-0.1, -0.05) is 0 Å². The van der Waals surface area contributed by atoms with Crippen molar-refractivity contribution in [3.8, 4) is 28.9 Å². The topological polar surface area (TPSA) is 82.5 Å². The number of anilines is 1. The lowest BCUT2D eigenvalue weighted by molar-refractivity contribution is -0.0595. The van der Waals surface area contributed by atoms with Gasteiger partial charge >= 0.3 is 11.9 Å². The van der Waals surface area contributed by atoms with Gasteiger partial charge in [0.1, 0.15) is 23.2 Å². The summed E-state index contributed by atoms with van der Waals surface area (Å²) in [6, 6.07) is 4.06. The molecule has 1 aliphatic rings. The van der Waals surface area contributed by atoms with Crippen LogP contribution >= 0.6 is 0 Å². The highest BCUT2D eigenvalue weighted by Gasteiger charge is 2.50. The zero-order valence-electron chi connectivity index (χ0n) is 18.8. The Bertz CT molecular complexity index is 1230. The molecule has 3 aromatic rings. The van der Waals surface area contributed by atoms with Crippen molar-refractivity contribution in [2.75, 3.05) is 32.2 Å². The van der Waals surface area contributed by atoms with Crippen LogP contribution in [0.4, 0.5) is 27.8 Å². The largest absolute Gasteiger partial charge is 0.482 e. The molecule has 35 heavy (non-hydrogen) atoms. The smallest absolute Gasteiger partial charge is 0.319 e. The first-order valence-electron chi connectivity index (χ1n) is 10.3. The van der Waals surface area contributed by atoms with Gasteiger partial charge in [-0.2, -0.15) is 4.98 Å². The van der Waals surface area contributed by atoms with Crippen LogP contribution in [0.5, 0.6) is 17.6 Å². The third-order valence-electron chi connectivity index (χ3n) is 5.27. The van der Waals surface area contributed by atoms with Gasteiger partial charge < -0.3 is 19.1 Å². The number of alkyl halides is 4. The molecule has 1 fully saturated rings. The molecule has 0 aliphatic carbocycles. The van der Waals surface area contributed by atoms with Gasteiger partial charge in [0.2, 0.25) is 5.88 Å². The quantitative estimate of drug-likeness (QED) is 0.449. The third-order valence-corrected chi connectivity index (χ3v) is 5.27. The standard InChI is InChI=1S/C22H20F5N5O3/c1-11-29-16(14-8-28-21(34-3)31-20(14)33-2)7-18(30-11)32-9-17(22(26,27)10-32)35-12-4-5-15(23)13(6-12)19(24)25/h4-8,17,19H,9-10H2,1-3H3. The van der Waals surface area contributed by atoms with Crippen LogP contribution in [0.15, 0.2) is 30.5 Å². The number of halogens is 5. The average molecular weight is 497 g/mol. The molecule has 0 N–H and O–H groups in total. The van der Waals surface area contributed by atoms with E-state index in [0.717, 1.165) is 18.2 Å². The van der Waals surface area contributed by atoms with Crippen LogP contribution in [0.1, 0.15) is 17.8 Å². The van der Waals surface area contributed by atoms with Crippen molar-refractivity contribution in [2.45, 2.75) is 25.4 Å². The van der Waals surface area contributed by atoms with Crippen molar-refractivity contribution in [1.82, 2.24) is 19.9 Å². The van der Waals surface area contributed by atoms with E-state index in [-0.39, 0.29) is 30.0 Å². The van der Waals surface area contributed by atoms with Gasteiger partial charge in [-0.15, -0.1) is 0 Å². The number of aryl methyl sites for hydroxylation is 1. The van der Waals surface area contributed by atoms with E-state index >= 15 is 0 Å². The SMILES string of the molecule is COc1ncc(-c2cc(N3CC(Oc4ccc(F)c(C(F)F)c4)C(F)(F)C3)nc(C)n2)c(OC)n1. The number of aromatic nitrogens is 4. The number of hydrogen-bond donors (Lipinski definition) is 0. The van der Waals surface area contributed by atoms with Crippen molar-refractivity contribution < 1.29 is 36.2 Å². The van der Waals surface area contributed by atoms with Gasteiger partial charge in [-0.3, -0.25) is 0 Å². The Hall–Kier alpha value is -3.77. The number of ether oxygens (including phenoxy) is 3. The van der Waals surface area contributed by atoms with Gasteiger partial charge in [0.05, 0.1) is 44.1 Å². The van der Waals surface area contributed by atoms with E-state index in [1.807, 2.05) is 0 Å². The van der Waals surface area contributed by atoms with Gasteiger partial charge in [-0.25, -0.2) is 36.9 Å². The van der Waals surface area contributed by atoms with Crippen molar-refractivity contribution in [3.05, 3.63) is 47.7 Å². The molecule has 3 heterocycles. The maximum absolute atomic E-state index is 14.8. The molecule has 1 atom stereocenters. The molecular weight excluding hydrogens is 477 g/mol. The zero-order chi connectivity index (χ0) is 25.3. The van der Waals surface area contributed by atoms with Crippen molar-refractivity contribution in [1.29, 1.82) is 0 Å². The number of rotatable bonds is 7. The molecule has 0 bridgehead atoms. The Morgan fingerprint density at radius 2 is 1.86 bits per heavy atom. The first-order valence-corrected chi connectivity index (χ1v) is 10.3. The predicted octanol–water partition coefficient (Wildman–Crippen LogP) is 4.24. The number of hydrogen-bond acceptors (Lipinski definition) is 8. The molecule has 1 aliphatic heterocycles. The molecule has 1 saturated heterocycles. The zero-order valence-corrected chi connectivity index (χ0v) is 18.8. The van der Waals surface area contributed by atoms with Gasteiger partial charge in [0.15, 0.2) is 6.10 Å². The Kier molecular flexibility index (Phi) is 6.59. The molecule has 0 radical (unpaired) electrons. The van der Waals surface area contributed by atoms with Crippen LogP contribution in [0.3, 0.4) is 0 Å². The molecule has 1 aromatic carbocycles. The van der Waals surface area contributed by atoms with E-state index in [1.165, 1.54) is 31.4 Å². The summed E-state index contributed by atoms with van der Waals surface area (Å²) >= 11 is 0. The number of methoxy groups -OCH3 is 2. The second kappa shape index (κ2) is 9.47. The monoisotopic (exact) mass is 497 g/mol. The minimum absolute atomic E-state index is 0.0755. The fourth-order valence-corrected chi connectivity index (χ4v) is 3.61. The van der Waals surface area contributed by atoms with Gasteiger partial charge in [0.25, 0.3) is 6.43 Å². The molecular formula is C22H20F5N5O3. The highest BCUT2D eigenvalue weighted by atomic mass is 19.3. The summed E-state index contributed by atoms with van der Waals surface area (Å²) in [4.78, 5) is 18.0. The van der Waals surface area contributed by atoms with E-state index in [4.69, 9.17) is 14.2 Å². The minimum atomic E-state index is -3.35. The summed E-state index contributed by atoms with van der Waals surface area (Å²) in [6.07, 6.45) is -3.37. The van der Waals surface area contributed by atoms with Gasteiger partial charge in [-0.05, 0) is 25.1 Å². The predicted molar refractivity (Wildman–Crippen MR) is 114 cm³/mol. The highest BCUT2D eigenvalue weighted by molar-refractivity contribution is 5.67. The van der Waals surface area contributed by atoms with Crippen molar-refractivity contribution in [3.63, 3.8) is 0 Å². The van der Waals surface area contributed by atoms with E-state index in [9.17, 15) is 22.0 Å². The minimum Gasteiger partial charge on any atom is -0.482 e. The molecule has 13 heteroatoms. The third kappa shape index (κ3) is 5.03. The molecule has 8 nitrogen and oxygen atoms in total. The first-order chi connectivity index (χ1) is 16.6. The lowest BCUT2D eigenvalue weighted by Gasteiger charge is -2.19. The lowest BCUT2D eigenvalue weighted by atomic mass is 10.2. The Morgan fingerprint density at radius 1 is 1.09 bits per heavy atom. The second-order valence-corrected chi connectivity index (χ2v) is 7.67. The summed E-state index contributed by atoms with van der Waals surface area (Å²) in [5.41, 5.74) is -0.197. The average Bonchev–Trinajstić information content (AvgIpc) is 3.13. The van der Waals surface area contributed by atoms with Crippen LogP contribution in [0.2, 0.25) is 0 Å². The number of nitrogens with zero attached hydrogens (tertiary/aromatic N) is 5. The molecule has 0 spiro atoms. The van der Waals surface area contributed by atoms with E-state index < -0.39 is 36.4 Å². The van der Waals surface area contributed by atoms with Crippen LogP contribution < -0.4 is 19.1 Å². The molecule has 4 rings (SSSR count). The highest BCUT2D eigenvalue weighted by Crippen LogP contribution is 2.36. The van der Waals surface area contributed by atoms with Crippen LogP contribution in [-0.2, 0) is 0 Å². The first kappa shape index (κ1) is 24.4. The Morgan fingerprint density at radius 3 is 2.54 bits per heavy atom. The fourth-order valence-electron chi connectivity index (χ4n) is 3.61. The summed E-state index contributed by atoms with van der Waals surface area (Å²) in [7, 11) is 2.80. The molecule has 0 amide bonds. The fraction of sp³-hybridized carbons (Fsp3) is 0.364. The van der Waals surface area contributed by atoms with Crippen molar-refractivity contribution >= 4 is 5.82 Å². The van der Waals surface area contributed by atoms with E-state index in [0.29, 0.717) is 17.1 Å². The summed E-state index contributed by atoms with van der Waals surface area (Å²) < 4.78 is 84.7. The molecule has 2 aromatic heterocycles. The second-order valence-electron chi connectivity index (χ2n) is 7.67. The molecule has 186 valence electrons. The maximum Gasteiger partial charge on any atom is 0.319 e. The lowest BCUT2D eigenvalue weighted by Crippen LogP contribution is -2.36. The Labute approximate surface area is 196 Å². The summed E-state index contributed by atoms with van der Waals surface area (Å²) in [5.74, 6) is -4.13. The van der Waals surface area contributed by atoms with Crippen LogP contribution in [0, 0.1) is 12.7 Å². The summed E-state index contributed by atoms with van der Waals surface area (Å²) in [5, 5.41) is 0. The van der Waals surface area contributed by atoms with Crippen LogP contribution in [0.25, 0.3) is 11.3 Å². The maximum atomic E-state index is 14.8. The molecule has 0 saturated carbocycles. The summed E-state index contributed by atoms with van der Waals surface area (Å²) in [6.45, 7) is 0.545. The van der Waals surface area contributed by atoms with E-state index in [2.05, 4.69) is 19.9 Å². The number of benzene rings is 1. The van der Waals surface area contributed by atoms with Crippen LogP contribution in [-0.4, -0.2) is 59.3 Å².